The van der Waals surface area contributed by atoms with Gasteiger partial charge in [0.1, 0.15) is 0 Å². The molecule has 5 aliphatic rings. The second-order valence-corrected chi connectivity index (χ2v) is 16.9. The normalized spacial score (nSPS) is 43.0. The Kier molecular flexibility index (Phi) is 7.67. The molecule has 0 heterocycles. The summed E-state index contributed by atoms with van der Waals surface area (Å²) in [6, 6.07) is 8.15. The van der Waals surface area contributed by atoms with E-state index in [9.17, 15) is 4.79 Å². The summed E-state index contributed by atoms with van der Waals surface area (Å²) in [5.41, 5.74) is 6.24. The standard InChI is InChI=1S/C40H59NO2/c1-10-25-41-40-22-17-29(26(2)3)34(40)31-15-16-33-37(6)20-18-30(27-11-13-28(14-12-27)35(42)43-9)36(4,5)32(37)19-21-39(33,8)38(31,7)23-24-40/h11-14,18,29,31-34,41H,2,10,15-17,19-25H2,1,3-9H3/t29-,31+,32-,33+,34+,37-,38+,39+,40-/m0/s1. The van der Waals surface area contributed by atoms with Crippen molar-refractivity contribution in [2.24, 2.45) is 51.2 Å². The lowest BCUT2D eigenvalue weighted by molar-refractivity contribution is -0.219. The molecule has 5 aliphatic carbocycles. The second-order valence-electron chi connectivity index (χ2n) is 16.9. The van der Waals surface area contributed by atoms with Crippen LogP contribution in [0.15, 0.2) is 42.5 Å². The lowest BCUT2D eigenvalue weighted by atomic mass is 9.33. The third-order valence-electron chi connectivity index (χ3n) is 15.0. The number of hydrogen-bond acceptors (Lipinski definition) is 3. The first kappa shape index (κ1) is 31.1. The van der Waals surface area contributed by atoms with Crippen LogP contribution < -0.4 is 5.32 Å². The van der Waals surface area contributed by atoms with Crippen molar-refractivity contribution < 1.29 is 9.53 Å². The van der Waals surface area contributed by atoms with Crippen LogP contribution in [0.5, 0.6) is 0 Å². The van der Waals surface area contributed by atoms with Gasteiger partial charge in [0.25, 0.3) is 0 Å². The van der Waals surface area contributed by atoms with Crippen LogP contribution in [-0.4, -0.2) is 25.2 Å². The fraction of sp³-hybridized carbons (Fsp3) is 0.725. The molecule has 4 fully saturated rings. The van der Waals surface area contributed by atoms with Crippen molar-refractivity contribution in [3.8, 4) is 0 Å². The fourth-order valence-electron chi connectivity index (χ4n) is 12.8. The van der Waals surface area contributed by atoms with Crippen LogP contribution in [0.4, 0.5) is 0 Å². The summed E-state index contributed by atoms with van der Waals surface area (Å²) < 4.78 is 4.95. The molecule has 0 saturated heterocycles. The Morgan fingerprint density at radius 3 is 2.30 bits per heavy atom. The van der Waals surface area contributed by atoms with Crippen LogP contribution in [-0.2, 0) is 4.74 Å². The first-order chi connectivity index (χ1) is 20.3. The van der Waals surface area contributed by atoms with Gasteiger partial charge in [-0.25, -0.2) is 4.79 Å². The summed E-state index contributed by atoms with van der Waals surface area (Å²) in [5.74, 6) is 3.33. The van der Waals surface area contributed by atoms with Crippen molar-refractivity contribution in [2.75, 3.05) is 13.7 Å². The maximum atomic E-state index is 12.1. The van der Waals surface area contributed by atoms with E-state index in [1.807, 2.05) is 12.1 Å². The minimum atomic E-state index is -0.264. The van der Waals surface area contributed by atoms with Gasteiger partial charge in [0, 0.05) is 5.54 Å². The first-order valence-electron chi connectivity index (χ1n) is 17.6. The molecule has 6 rings (SSSR count). The van der Waals surface area contributed by atoms with Gasteiger partial charge in [-0.3, -0.25) is 0 Å². The van der Waals surface area contributed by atoms with Gasteiger partial charge in [-0.2, -0.15) is 0 Å². The molecule has 1 N–H and O–H groups in total. The number of rotatable bonds is 6. The molecule has 3 nitrogen and oxygen atoms in total. The number of methoxy groups -OCH3 is 1. The number of allylic oxidation sites excluding steroid dienone is 3. The van der Waals surface area contributed by atoms with Crippen molar-refractivity contribution >= 4 is 11.5 Å². The van der Waals surface area contributed by atoms with Gasteiger partial charge in [0.2, 0.25) is 0 Å². The molecule has 0 unspecified atom stereocenters. The number of ether oxygens (including phenoxy) is 1. The highest BCUT2D eigenvalue weighted by atomic mass is 16.5. The molecule has 3 heteroatoms. The monoisotopic (exact) mass is 585 g/mol. The zero-order valence-electron chi connectivity index (χ0n) is 28.6. The van der Waals surface area contributed by atoms with Gasteiger partial charge in [-0.1, -0.05) is 71.9 Å². The molecule has 4 saturated carbocycles. The van der Waals surface area contributed by atoms with Gasteiger partial charge in [-0.15, -0.1) is 0 Å². The smallest absolute Gasteiger partial charge is 0.337 e. The summed E-state index contributed by atoms with van der Waals surface area (Å²) in [4.78, 5) is 12.1. The maximum Gasteiger partial charge on any atom is 0.337 e. The minimum absolute atomic E-state index is 0.0845. The van der Waals surface area contributed by atoms with Gasteiger partial charge in [-0.05, 0) is 152 Å². The van der Waals surface area contributed by atoms with E-state index in [2.05, 4.69) is 78.6 Å². The van der Waals surface area contributed by atoms with Gasteiger partial charge >= 0.3 is 5.97 Å². The summed E-state index contributed by atoms with van der Waals surface area (Å²) in [7, 11) is 1.45. The highest BCUT2D eigenvalue weighted by molar-refractivity contribution is 5.89. The van der Waals surface area contributed by atoms with E-state index in [0.29, 0.717) is 39.2 Å². The van der Waals surface area contributed by atoms with Crippen molar-refractivity contribution in [1.82, 2.24) is 5.32 Å². The highest BCUT2D eigenvalue weighted by Gasteiger charge is 2.70. The third kappa shape index (κ3) is 4.33. The molecule has 0 aliphatic heterocycles. The largest absolute Gasteiger partial charge is 0.465 e. The third-order valence-corrected chi connectivity index (χ3v) is 15.0. The number of nitrogens with one attached hydrogen (secondary N) is 1. The summed E-state index contributed by atoms with van der Waals surface area (Å²) >= 11 is 0. The number of hydrogen-bond donors (Lipinski definition) is 1. The Morgan fingerprint density at radius 2 is 1.65 bits per heavy atom. The van der Waals surface area contributed by atoms with Crippen molar-refractivity contribution in [3.05, 3.63) is 53.6 Å². The zero-order valence-corrected chi connectivity index (χ0v) is 28.6. The van der Waals surface area contributed by atoms with E-state index in [0.717, 1.165) is 30.7 Å². The number of esters is 1. The van der Waals surface area contributed by atoms with Crippen LogP contribution in [0.1, 0.15) is 129 Å². The van der Waals surface area contributed by atoms with E-state index in [4.69, 9.17) is 4.74 Å². The van der Waals surface area contributed by atoms with E-state index >= 15 is 0 Å². The molecular formula is C40H59NO2. The molecule has 0 aromatic heterocycles. The van der Waals surface area contributed by atoms with E-state index < -0.39 is 0 Å². The molecule has 236 valence electrons. The Balaban J connectivity index is 1.34. The number of benzene rings is 1. The predicted octanol–water partition coefficient (Wildman–Crippen LogP) is 9.88. The van der Waals surface area contributed by atoms with Crippen LogP contribution >= 0.6 is 0 Å². The van der Waals surface area contributed by atoms with Crippen molar-refractivity contribution in [3.63, 3.8) is 0 Å². The molecule has 43 heavy (non-hydrogen) atoms. The summed E-state index contributed by atoms with van der Waals surface area (Å²) in [6.07, 6.45) is 15.8. The lowest BCUT2D eigenvalue weighted by Gasteiger charge is -2.72. The van der Waals surface area contributed by atoms with E-state index in [1.165, 1.54) is 81.6 Å². The average Bonchev–Trinajstić information content (AvgIpc) is 3.36. The Bertz CT molecular complexity index is 1290. The maximum absolute atomic E-state index is 12.1. The summed E-state index contributed by atoms with van der Waals surface area (Å²) in [5, 5.41) is 4.19. The molecule has 1 aromatic rings. The van der Waals surface area contributed by atoms with Gasteiger partial charge in [0.05, 0.1) is 12.7 Å². The van der Waals surface area contributed by atoms with Crippen LogP contribution in [0, 0.1) is 51.2 Å². The van der Waals surface area contributed by atoms with Crippen molar-refractivity contribution in [1.29, 1.82) is 0 Å². The zero-order chi connectivity index (χ0) is 31.0. The molecule has 0 spiro atoms. The quantitative estimate of drug-likeness (QED) is 0.267. The predicted molar refractivity (Wildman–Crippen MR) is 179 cm³/mol. The number of carbonyl (C=O) groups excluding carboxylic acids is 1. The number of carbonyl (C=O) groups is 1. The number of fused-ring (bicyclic) bond motifs is 7. The molecule has 9 atom stereocenters. The van der Waals surface area contributed by atoms with Crippen LogP contribution in [0.2, 0.25) is 0 Å². The van der Waals surface area contributed by atoms with Crippen LogP contribution in [0.3, 0.4) is 0 Å². The Labute approximate surface area is 262 Å². The average molecular weight is 586 g/mol. The second kappa shape index (κ2) is 10.6. The first-order valence-corrected chi connectivity index (χ1v) is 17.6. The molecule has 0 amide bonds. The topological polar surface area (TPSA) is 38.3 Å². The molecule has 0 radical (unpaired) electrons. The molecular weight excluding hydrogens is 526 g/mol. The van der Waals surface area contributed by atoms with E-state index in [-0.39, 0.29) is 11.4 Å². The van der Waals surface area contributed by atoms with E-state index in [1.54, 1.807) is 0 Å². The van der Waals surface area contributed by atoms with Crippen molar-refractivity contribution in [2.45, 2.75) is 118 Å². The molecule has 0 bridgehead atoms. The fourth-order valence-corrected chi connectivity index (χ4v) is 12.8. The summed E-state index contributed by atoms with van der Waals surface area (Å²) in [6.45, 7) is 23.6. The Morgan fingerprint density at radius 1 is 0.930 bits per heavy atom. The Hall–Kier alpha value is -1.87. The van der Waals surface area contributed by atoms with Crippen LogP contribution in [0.25, 0.3) is 5.57 Å². The van der Waals surface area contributed by atoms with Gasteiger partial charge < -0.3 is 10.1 Å². The molecule has 1 aromatic carbocycles. The lowest BCUT2D eigenvalue weighted by Crippen LogP contribution is -2.68. The minimum Gasteiger partial charge on any atom is -0.465 e. The highest BCUT2D eigenvalue weighted by Crippen LogP contribution is 2.76. The van der Waals surface area contributed by atoms with Gasteiger partial charge in [0.15, 0.2) is 0 Å². The SMILES string of the molecule is C=C(C)[C@@H]1CC[C@]2(NCCC)CC[C@]3(C)[C@H](CC[C@@H]4[C@@]5(C)CC=C(c6ccc(C(=O)OC)cc6)C(C)(C)[C@@H]5CC[C@]43C)[C@@H]12.